The number of carbonyl (C=O) groups excluding carboxylic acids is 1. The number of fused-ring (bicyclic) bond motifs is 6. The van der Waals surface area contributed by atoms with Gasteiger partial charge in [-0.25, -0.2) is 0 Å². The number of carbonyl (C=O) groups is 1. The molecule has 3 aromatic rings. The number of hydrogen-bond donors (Lipinski definition) is 1. The van der Waals surface area contributed by atoms with Crippen LogP contribution in [0.4, 0.5) is 0 Å². The number of amides is 1. The van der Waals surface area contributed by atoms with Crippen molar-refractivity contribution in [2.45, 2.75) is 87.5 Å². The largest absolute Gasteiger partial charge is 1.00 e. The first-order chi connectivity index (χ1) is 17.1. The molecule has 0 saturated heterocycles. The Morgan fingerprint density at radius 2 is 1.32 bits per heavy atom. The molecule has 0 aliphatic heterocycles. The molecule has 6 heteroatoms. The normalized spacial score (nSPS) is 16.4. The molecule has 0 radical (unpaired) electrons. The smallest absolute Gasteiger partial charge is 0.0149 e. The summed E-state index contributed by atoms with van der Waals surface area (Å²) in [6.45, 7) is 0. The Labute approximate surface area is 250 Å². The summed E-state index contributed by atoms with van der Waals surface area (Å²) < 4.78 is 5.14. The molecular weight excluding hydrogens is 561 g/mol. The van der Waals surface area contributed by atoms with Crippen LogP contribution < -0.4 is 32.5 Å². The Morgan fingerprint density at radius 3 is 1.95 bits per heavy atom. The average molecular weight is 607 g/mol. The van der Waals surface area contributed by atoms with E-state index < -0.39 is 16.8 Å². The fourth-order valence-corrected chi connectivity index (χ4v) is 10.2. The first kappa shape index (κ1) is 33.1. The zero-order chi connectivity index (χ0) is 24.3. The van der Waals surface area contributed by atoms with Crippen LogP contribution in [0.3, 0.4) is 0 Å². The molecule has 1 saturated carbocycles. The van der Waals surface area contributed by atoms with E-state index in [9.17, 15) is 4.79 Å². The number of rotatable bonds is 3. The van der Waals surface area contributed by atoms with Gasteiger partial charge in [0.05, 0.1) is 0 Å². The van der Waals surface area contributed by atoms with Crippen LogP contribution in [0.1, 0.15) is 81.8 Å². The average Bonchev–Trinajstić information content (AvgIpc) is 3.34. The minimum Gasteiger partial charge on any atom is -1.00 e. The van der Waals surface area contributed by atoms with Crippen LogP contribution in [-0.2, 0) is 28.1 Å². The minimum atomic E-state index is -2.84. The Balaban J connectivity index is 0.00000169. The van der Waals surface area contributed by atoms with Gasteiger partial charge in [-0.05, 0) is 11.0 Å². The minimum absolute atomic E-state index is 0. The fraction of sp³-hybridized carbons (Fsp3) is 0.469. The molecule has 0 unspecified atom stereocenters. The molecule has 3 aromatic carbocycles. The van der Waals surface area contributed by atoms with Crippen LogP contribution in [0, 0.1) is 5.92 Å². The third kappa shape index (κ3) is 7.15. The first-order valence-electron chi connectivity index (χ1n) is 14.0. The van der Waals surface area contributed by atoms with Crippen LogP contribution >= 0.6 is 0 Å². The van der Waals surface area contributed by atoms with Gasteiger partial charge < -0.3 is 24.8 Å². The van der Waals surface area contributed by atoms with Gasteiger partial charge in [-0.3, -0.25) is 0 Å². The summed E-state index contributed by atoms with van der Waals surface area (Å²) in [6.07, 6.45) is 19.5. The molecule has 38 heavy (non-hydrogen) atoms. The van der Waals surface area contributed by atoms with Gasteiger partial charge in [-0.1, -0.05) is 0 Å². The summed E-state index contributed by atoms with van der Waals surface area (Å²) in [5.41, 5.74) is 2.83. The summed E-state index contributed by atoms with van der Waals surface area (Å²) in [7, 11) is 0. The molecule has 0 aromatic heterocycles. The third-order valence-electron chi connectivity index (χ3n) is 8.39. The molecule has 1 fully saturated rings. The Morgan fingerprint density at radius 1 is 0.763 bits per heavy atom. The predicted octanol–water partition coefficient (Wildman–Crippen LogP) is 0.946. The van der Waals surface area contributed by atoms with E-state index in [1.807, 2.05) is 0 Å². The van der Waals surface area contributed by atoms with Gasteiger partial charge in [0, 0.05) is 0 Å². The van der Waals surface area contributed by atoms with Gasteiger partial charge in [-0.2, -0.15) is 0 Å². The molecular formula is C32H45Cl2NOSiTi. The predicted molar refractivity (Wildman–Crippen MR) is 159 cm³/mol. The van der Waals surface area contributed by atoms with Gasteiger partial charge in [0.1, 0.15) is 0 Å². The summed E-state index contributed by atoms with van der Waals surface area (Å²) in [5.74, 6) is 0.516. The van der Waals surface area contributed by atoms with Crippen molar-refractivity contribution in [3.8, 4) is 0 Å². The van der Waals surface area contributed by atoms with E-state index in [1.54, 1.807) is 0 Å². The third-order valence-corrected chi connectivity index (χ3v) is 12.5. The molecule has 0 atom stereocenters. The Bertz CT molecular complexity index is 1250. The van der Waals surface area contributed by atoms with Crippen LogP contribution in [0.5, 0.6) is 0 Å². The van der Waals surface area contributed by atoms with E-state index >= 15 is 0 Å². The number of hydrogen-bond acceptors (Lipinski definition) is 1. The number of benzene rings is 3. The summed E-state index contributed by atoms with van der Waals surface area (Å²) >= 11 is -2.84. The molecule has 2 aliphatic rings. The van der Waals surface area contributed by atoms with Gasteiger partial charge >= 0.3 is 216 Å². The second kappa shape index (κ2) is 15.1. The zero-order valence-corrected chi connectivity index (χ0v) is 25.5. The topological polar surface area (TPSA) is 29.1 Å². The van der Waals surface area contributed by atoms with Crippen LogP contribution in [0.2, 0.25) is 10.5 Å². The molecule has 206 valence electrons. The standard InChI is InChI=1S/C17H11.C13H25NO.2CH3.2ClH.H4Si.Ti/c1-3-8-14-12(6-1)13-7-2-4-9-15(13)17-11-5-10-16(14)17;14-13(15)12-10-8-6-4-2-1-3-5-7-9-11-12;;;;;;/h1-8,10H,11H2;12H,1-11H2,(H2,14,15);2*1H3;2*1H;1H4;/q;;;;;;;+3/p-3. The van der Waals surface area contributed by atoms with E-state index in [-0.39, 0.29) is 41.7 Å². The van der Waals surface area contributed by atoms with Crippen molar-refractivity contribution in [1.82, 2.24) is 3.80 Å². The second-order valence-corrected chi connectivity index (χ2v) is 17.6. The maximum absolute atomic E-state index is 13.7. The Kier molecular flexibility index (Phi) is 13.1. The van der Waals surface area contributed by atoms with E-state index in [1.165, 1.54) is 94.3 Å². The van der Waals surface area contributed by atoms with Crippen molar-refractivity contribution in [2.24, 2.45) is 5.92 Å². The molecule has 1 amide bonds. The van der Waals surface area contributed by atoms with Gasteiger partial charge in [0.25, 0.3) is 0 Å². The summed E-state index contributed by atoms with van der Waals surface area (Å²) in [5, 5.41) is 10.2. The van der Waals surface area contributed by atoms with Crippen molar-refractivity contribution < 1.29 is 46.5 Å². The maximum Gasteiger partial charge on any atom is -0.0149 e. The van der Waals surface area contributed by atoms with E-state index in [2.05, 4.69) is 68.9 Å². The molecule has 0 bridgehead atoms. The summed E-state index contributed by atoms with van der Waals surface area (Å²) in [6, 6.07) is 15.6. The van der Waals surface area contributed by atoms with Crippen molar-refractivity contribution in [3.63, 3.8) is 0 Å². The van der Waals surface area contributed by atoms with Gasteiger partial charge in [0.2, 0.25) is 0 Å². The van der Waals surface area contributed by atoms with Gasteiger partial charge in [-0.15, -0.1) is 0 Å². The molecule has 5 rings (SSSR count). The molecule has 2 nitrogen and oxygen atoms in total. The van der Waals surface area contributed by atoms with Crippen LogP contribution in [0.15, 0.2) is 48.5 Å². The quantitative estimate of drug-likeness (QED) is 0.350. The first-order valence-corrected chi connectivity index (χ1v) is 18.7. The zero-order valence-electron chi connectivity index (χ0n) is 22.4. The molecule has 0 spiro atoms. The molecule has 2 aliphatic carbocycles. The maximum atomic E-state index is 13.7. The number of halogens is 2. The SMILES string of the molecule is [CH3][Ti+2]([CH3])([NH]C(=O)C1CCCCCCCCCCC1)[c]1cccc2c1c1c(c3ccccc32)C=CC1.[Cl-].[Cl-].[SiH4]. The monoisotopic (exact) mass is 605 g/mol. The van der Waals surface area contributed by atoms with Crippen LogP contribution in [-0.4, -0.2) is 16.9 Å². The van der Waals surface area contributed by atoms with Crippen LogP contribution in [0.25, 0.3) is 27.6 Å². The fourth-order valence-electron chi connectivity index (χ4n) is 6.47. The van der Waals surface area contributed by atoms with Crippen molar-refractivity contribution in [3.05, 3.63) is 59.7 Å². The van der Waals surface area contributed by atoms with Gasteiger partial charge in [0.15, 0.2) is 0 Å². The van der Waals surface area contributed by atoms with E-state index in [0.717, 1.165) is 19.3 Å². The number of nitrogens with one attached hydrogen (secondary N) is 1. The second-order valence-electron chi connectivity index (χ2n) is 11.3. The van der Waals surface area contributed by atoms with Crippen molar-refractivity contribution >= 4 is 48.4 Å². The molecule has 0 heterocycles. The molecule has 1 N–H and O–H groups in total. The summed E-state index contributed by atoms with van der Waals surface area (Å²) in [4.78, 5) is 13.7. The van der Waals surface area contributed by atoms with Crippen molar-refractivity contribution in [1.29, 1.82) is 0 Å². The van der Waals surface area contributed by atoms with Crippen molar-refractivity contribution in [2.75, 3.05) is 0 Å². The number of allylic oxidation sites excluding steroid dienone is 1. The van der Waals surface area contributed by atoms with E-state index in [0.29, 0.717) is 5.91 Å². The Hall–Kier alpha value is -1.10. The van der Waals surface area contributed by atoms with E-state index in [4.69, 9.17) is 0 Å².